The van der Waals surface area contributed by atoms with E-state index in [4.69, 9.17) is 4.74 Å². The molecule has 1 aromatic rings. The van der Waals surface area contributed by atoms with Gasteiger partial charge in [-0.3, -0.25) is 9.69 Å². The van der Waals surface area contributed by atoms with Crippen LogP contribution in [-0.2, 0) is 20.7 Å². The number of carbonyl (C=O) groups is 2. The fraction of sp³-hybridized carbons (Fsp3) is 0.583. The fourth-order valence-electron chi connectivity index (χ4n) is 1.16. The van der Waals surface area contributed by atoms with Crippen LogP contribution in [0.3, 0.4) is 0 Å². The second-order valence-electron chi connectivity index (χ2n) is 4.91. The van der Waals surface area contributed by atoms with Gasteiger partial charge in [-0.2, -0.15) is 0 Å². The Morgan fingerprint density at radius 3 is 2.58 bits per heavy atom. The molecule has 0 aromatic carbocycles. The summed E-state index contributed by atoms with van der Waals surface area (Å²) in [5.41, 5.74) is 0.0134. The van der Waals surface area contributed by atoms with E-state index in [0.29, 0.717) is 10.8 Å². The summed E-state index contributed by atoms with van der Waals surface area (Å²) in [6, 6.07) is 0. The lowest BCUT2D eigenvalue weighted by Gasteiger charge is -2.23. The fourth-order valence-corrected chi connectivity index (χ4v) is 1.94. The Morgan fingerprint density at radius 2 is 2.05 bits per heavy atom. The normalized spacial score (nSPS) is 11.0. The molecule has 6 nitrogen and oxygen atoms in total. The van der Waals surface area contributed by atoms with Gasteiger partial charge in [0.05, 0.1) is 19.2 Å². The largest absolute Gasteiger partial charge is 0.469 e. The average Bonchev–Trinajstić information content (AvgIpc) is 2.73. The maximum atomic E-state index is 11.8. The Kier molecular flexibility index (Phi) is 4.88. The molecular formula is C12H18N2O4S. The molecule has 0 bridgehead atoms. The summed E-state index contributed by atoms with van der Waals surface area (Å²) in [6.45, 7) is 5.38. The third kappa shape index (κ3) is 4.86. The molecule has 0 fully saturated rings. The van der Waals surface area contributed by atoms with E-state index >= 15 is 0 Å². The molecule has 1 amide bonds. The van der Waals surface area contributed by atoms with Crippen LogP contribution < -0.4 is 4.90 Å². The number of ether oxygens (including phenoxy) is 2. The summed E-state index contributed by atoms with van der Waals surface area (Å²) >= 11 is 1.27. The first kappa shape index (κ1) is 15.4. The number of thiazole rings is 1. The molecule has 0 aliphatic rings. The first-order valence-corrected chi connectivity index (χ1v) is 6.59. The quantitative estimate of drug-likeness (QED) is 0.797. The Balaban J connectivity index is 2.70. The smallest absolute Gasteiger partial charge is 0.416 e. The van der Waals surface area contributed by atoms with Crippen molar-refractivity contribution >= 4 is 28.5 Å². The van der Waals surface area contributed by atoms with Gasteiger partial charge in [-0.25, -0.2) is 9.78 Å². The van der Waals surface area contributed by atoms with Crippen LogP contribution in [0.25, 0.3) is 0 Å². The number of amides is 1. The monoisotopic (exact) mass is 286 g/mol. The maximum Gasteiger partial charge on any atom is 0.416 e. The summed E-state index contributed by atoms with van der Waals surface area (Å²) < 4.78 is 9.79. The van der Waals surface area contributed by atoms with Crippen molar-refractivity contribution in [2.75, 3.05) is 19.1 Å². The van der Waals surface area contributed by atoms with E-state index < -0.39 is 11.7 Å². The molecule has 1 aromatic heterocycles. The summed E-state index contributed by atoms with van der Waals surface area (Å²) in [5, 5.41) is 2.20. The molecule has 19 heavy (non-hydrogen) atoms. The van der Waals surface area contributed by atoms with Gasteiger partial charge in [0, 0.05) is 12.4 Å². The Morgan fingerprint density at radius 1 is 1.42 bits per heavy atom. The molecule has 0 saturated carbocycles. The van der Waals surface area contributed by atoms with E-state index in [0.717, 1.165) is 0 Å². The molecule has 0 radical (unpaired) electrons. The van der Waals surface area contributed by atoms with Crippen LogP contribution in [0.2, 0.25) is 0 Å². The third-order valence-electron chi connectivity index (χ3n) is 2.05. The molecule has 0 N–H and O–H groups in total. The van der Waals surface area contributed by atoms with Gasteiger partial charge in [0.15, 0.2) is 5.13 Å². The molecule has 0 unspecified atom stereocenters. The van der Waals surface area contributed by atoms with E-state index in [1.54, 1.807) is 33.2 Å². The zero-order valence-corrected chi connectivity index (χ0v) is 12.5. The minimum absolute atomic E-state index is 0.0924. The number of methoxy groups -OCH3 is 1. The number of nitrogens with zero attached hydrogens (tertiary/aromatic N) is 2. The Hall–Kier alpha value is -1.63. The lowest BCUT2D eigenvalue weighted by Crippen LogP contribution is -2.34. The van der Waals surface area contributed by atoms with Gasteiger partial charge >= 0.3 is 12.1 Å². The van der Waals surface area contributed by atoms with Gasteiger partial charge in [0.25, 0.3) is 0 Å². The van der Waals surface area contributed by atoms with Crippen LogP contribution in [0, 0.1) is 0 Å². The van der Waals surface area contributed by atoms with Gasteiger partial charge in [-0.1, -0.05) is 0 Å². The van der Waals surface area contributed by atoms with Crippen LogP contribution in [-0.4, -0.2) is 36.8 Å². The van der Waals surface area contributed by atoms with Crippen LogP contribution in [0.15, 0.2) is 5.38 Å². The molecule has 0 saturated heterocycles. The second-order valence-corrected chi connectivity index (χ2v) is 5.75. The van der Waals surface area contributed by atoms with Crippen molar-refractivity contribution in [1.29, 1.82) is 0 Å². The van der Waals surface area contributed by atoms with Crippen molar-refractivity contribution in [2.45, 2.75) is 32.8 Å². The van der Waals surface area contributed by atoms with Crippen molar-refractivity contribution < 1.29 is 19.1 Å². The molecule has 1 heterocycles. The number of anilines is 1. The lowest BCUT2D eigenvalue weighted by molar-refractivity contribution is -0.139. The Bertz CT molecular complexity index is 465. The van der Waals surface area contributed by atoms with E-state index in [1.807, 2.05) is 0 Å². The van der Waals surface area contributed by atoms with Gasteiger partial charge in [0.1, 0.15) is 5.60 Å². The van der Waals surface area contributed by atoms with Crippen LogP contribution in [0.5, 0.6) is 0 Å². The first-order valence-electron chi connectivity index (χ1n) is 5.71. The molecule has 0 atom stereocenters. The van der Waals surface area contributed by atoms with E-state index in [9.17, 15) is 9.59 Å². The van der Waals surface area contributed by atoms with Gasteiger partial charge in [-0.05, 0) is 20.8 Å². The first-order chi connectivity index (χ1) is 8.73. The maximum absolute atomic E-state index is 11.8. The number of rotatable bonds is 3. The van der Waals surface area contributed by atoms with Crippen molar-refractivity contribution in [3.8, 4) is 0 Å². The zero-order chi connectivity index (χ0) is 14.6. The van der Waals surface area contributed by atoms with Crippen LogP contribution in [0.1, 0.15) is 26.5 Å². The highest BCUT2D eigenvalue weighted by Crippen LogP contribution is 2.21. The lowest BCUT2D eigenvalue weighted by atomic mass is 10.2. The van der Waals surface area contributed by atoms with Crippen LogP contribution >= 0.6 is 11.3 Å². The molecule has 1 rings (SSSR count). The van der Waals surface area contributed by atoms with Crippen molar-refractivity contribution in [1.82, 2.24) is 4.98 Å². The number of hydrogen-bond donors (Lipinski definition) is 0. The summed E-state index contributed by atoms with van der Waals surface area (Å²) in [5.74, 6) is -0.364. The molecule has 7 heteroatoms. The van der Waals surface area contributed by atoms with Crippen LogP contribution in [0.4, 0.5) is 9.93 Å². The average molecular weight is 286 g/mol. The summed E-state index contributed by atoms with van der Waals surface area (Å²) in [6.07, 6.45) is -0.388. The van der Waals surface area contributed by atoms with Gasteiger partial charge in [0.2, 0.25) is 0 Å². The van der Waals surface area contributed by atoms with Gasteiger partial charge < -0.3 is 9.47 Å². The highest BCUT2D eigenvalue weighted by molar-refractivity contribution is 7.14. The number of esters is 1. The van der Waals surface area contributed by atoms with Crippen molar-refractivity contribution in [3.05, 3.63) is 11.1 Å². The Labute approximate surface area is 116 Å². The second kappa shape index (κ2) is 6.01. The summed E-state index contributed by atoms with van der Waals surface area (Å²) in [7, 11) is 2.90. The molecular weight excluding hydrogens is 268 g/mol. The van der Waals surface area contributed by atoms with E-state index in [1.165, 1.54) is 23.3 Å². The number of hydrogen-bond acceptors (Lipinski definition) is 6. The van der Waals surface area contributed by atoms with E-state index in [2.05, 4.69) is 9.72 Å². The van der Waals surface area contributed by atoms with Crippen molar-refractivity contribution in [2.24, 2.45) is 0 Å². The SMILES string of the molecule is COC(=O)Cc1csc(N(C)C(=O)OC(C)(C)C)n1. The molecule has 0 spiro atoms. The molecule has 0 aliphatic heterocycles. The highest BCUT2D eigenvalue weighted by Gasteiger charge is 2.22. The zero-order valence-electron chi connectivity index (χ0n) is 11.7. The summed E-state index contributed by atoms with van der Waals surface area (Å²) in [4.78, 5) is 28.5. The van der Waals surface area contributed by atoms with Gasteiger partial charge in [-0.15, -0.1) is 11.3 Å². The number of aromatic nitrogens is 1. The number of carbonyl (C=O) groups excluding carboxylic acids is 2. The predicted molar refractivity (Wildman–Crippen MR) is 72.5 cm³/mol. The highest BCUT2D eigenvalue weighted by atomic mass is 32.1. The van der Waals surface area contributed by atoms with Crippen molar-refractivity contribution in [3.63, 3.8) is 0 Å². The minimum Gasteiger partial charge on any atom is -0.469 e. The standard InChI is InChI=1S/C12H18N2O4S/c1-12(2,3)18-11(16)14(4)10-13-8(7-19-10)6-9(15)17-5/h7H,6H2,1-5H3. The molecule has 0 aliphatic carbocycles. The predicted octanol–water partition coefficient (Wildman–Crippen LogP) is 2.23. The topological polar surface area (TPSA) is 68.7 Å². The molecule has 106 valence electrons. The third-order valence-corrected chi connectivity index (χ3v) is 3.01. The van der Waals surface area contributed by atoms with E-state index in [-0.39, 0.29) is 12.4 Å². The minimum atomic E-state index is -0.558.